The number of nitrogens with zero attached hydrogens (tertiary/aromatic N) is 2. The monoisotopic (exact) mass is 320 g/mol. The number of rotatable bonds is 1. The summed E-state index contributed by atoms with van der Waals surface area (Å²) in [6.07, 6.45) is 0. The first-order valence-corrected chi connectivity index (χ1v) is 5.77. The Kier molecular flexibility index (Phi) is 3.42. The van der Waals surface area contributed by atoms with Crippen LogP contribution in [-0.4, -0.2) is 10.2 Å². The molecule has 0 unspecified atom stereocenters. The number of halogens is 4. The van der Waals surface area contributed by atoms with Crippen LogP contribution in [0.2, 0.25) is 10.2 Å². The molecule has 0 atom stereocenters. The Morgan fingerprint density at radius 2 is 1.81 bits per heavy atom. The van der Waals surface area contributed by atoms with Gasteiger partial charge in [-0.25, -0.2) is 4.39 Å². The van der Waals surface area contributed by atoms with E-state index >= 15 is 0 Å². The van der Waals surface area contributed by atoms with Gasteiger partial charge in [-0.3, -0.25) is 0 Å². The molecule has 0 spiro atoms. The van der Waals surface area contributed by atoms with Crippen molar-refractivity contribution >= 4 is 39.1 Å². The predicted molar refractivity (Wildman–Crippen MR) is 65.1 cm³/mol. The van der Waals surface area contributed by atoms with Crippen LogP contribution in [0.1, 0.15) is 0 Å². The molecule has 1 heterocycles. The highest BCUT2D eigenvalue weighted by Gasteiger charge is 2.12. The molecule has 0 bridgehead atoms. The second kappa shape index (κ2) is 4.65. The summed E-state index contributed by atoms with van der Waals surface area (Å²) < 4.78 is 14.3. The summed E-state index contributed by atoms with van der Waals surface area (Å²) in [6.45, 7) is 0. The van der Waals surface area contributed by atoms with Gasteiger partial charge in [-0.1, -0.05) is 23.2 Å². The summed E-state index contributed by atoms with van der Waals surface area (Å²) in [7, 11) is 0. The Hall–Kier alpha value is -0.710. The van der Waals surface area contributed by atoms with Gasteiger partial charge in [0.15, 0.2) is 11.0 Å². The molecule has 16 heavy (non-hydrogen) atoms. The average Bonchev–Trinajstić information content (AvgIpc) is 2.28. The van der Waals surface area contributed by atoms with Gasteiger partial charge in [0.05, 0.1) is 10.7 Å². The zero-order chi connectivity index (χ0) is 11.7. The minimum atomic E-state index is -0.535. The molecule has 2 aromatic rings. The van der Waals surface area contributed by atoms with Crippen LogP contribution in [0.3, 0.4) is 0 Å². The van der Waals surface area contributed by atoms with E-state index in [1.165, 1.54) is 0 Å². The van der Waals surface area contributed by atoms with Gasteiger partial charge in [0, 0.05) is 10.0 Å². The van der Waals surface area contributed by atoms with Gasteiger partial charge in [-0.15, -0.1) is 10.2 Å². The lowest BCUT2D eigenvalue weighted by molar-refractivity contribution is 0.630. The second-order valence-electron chi connectivity index (χ2n) is 2.96. The highest BCUT2D eigenvalue weighted by Crippen LogP contribution is 2.32. The molecule has 0 aliphatic heterocycles. The Balaban J connectivity index is 2.57. The zero-order valence-electron chi connectivity index (χ0n) is 7.72. The number of hydrogen-bond donors (Lipinski definition) is 0. The highest BCUT2D eigenvalue weighted by atomic mass is 79.9. The first-order valence-electron chi connectivity index (χ1n) is 4.22. The lowest BCUT2D eigenvalue weighted by atomic mass is 10.1. The molecule has 2 rings (SSSR count). The zero-order valence-corrected chi connectivity index (χ0v) is 10.8. The Morgan fingerprint density at radius 1 is 1.06 bits per heavy atom. The second-order valence-corrected chi connectivity index (χ2v) is 4.58. The van der Waals surface area contributed by atoms with E-state index in [0.29, 0.717) is 10.2 Å². The molecule has 0 saturated carbocycles. The van der Waals surface area contributed by atoms with Crippen LogP contribution < -0.4 is 0 Å². The maximum Gasteiger partial charge on any atom is 0.152 e. The summed E-state index contributed by atoms with van der Waals surface area (Å²) in [5.74, 6) is -0.535. The van der Waals surface area contributed by atoms with Crippen molar-refractivity contribution in [2.24, 2.45) is 0 Å². The topological polar surface area (TPSA) is 25.8 Å². The molecule has 1 aromatic carbocycles. The molecular weight excluding hydrogens is 318 g/mol. The smallest absolute Gasteiger partial charge is 0.152 e. The fraction of sp³-hybridized carbons (Fsp3) is 0. The summed E-state index contributed by atoms with van der Waals surface area (Å²) in [5.41, 5.74) is 0.675. The van der Waals surface area contributed by atoms with Gasteiger partial charge < -0.3 is 0 Å². The minimum absolute atomic E-state index is 0.0225. The Bertz CT molecular complexity index is 531. The van der Waals surface area contributed by atoms with E-state index in [2.05, 4.69) is 26.1 Å². The first-order chi connectivity index (χ1) is 7.59. The van der Waals surface area contributed by atoms with Gasteiger partial charge in [-0.05, 0) is 40.2 Å². The van der Waals surface area contributed by atoms with Crippen LogP contribution in [-0.2, 0) is 0 Å². The standard InChI is InChI=1S/C10H4BrCl2FN2/c11-6-2-1-5(10(14)9(6)13)7-3-4-8(12)16-15-7/h1-4H. The number of hydrogen-bond acceptors (Lipinski definition) is 2. The molecule has 6 heteroatoms. The fourth-order valence-corrected chi connectivity index (χ4v) is 1.76. The van der Waals surface area contributed by atoms with Crippen LogP contribution in [0.15, 0.2) is 28.7 Å². The quantitative estimate of drug-likeness (QED) is 0.730. The van der Waals surface area contributed by atoms with E-state index in [4.69, 9.17) is 23.2 Å². The van der Waals surface area contributed by atoms with Crippen LogP contribution in [0.5, 0.6) is 0 Å². The molecule has 0 fully saturated rings. The summed E-state index contributed by atoms with van der Waals surface area (Å²) in [4.78, 5) is 0. The minimum Gasteiger partial charge on any atom is -0.205 e. The van der Waals surface area contributed by atoms with Gasteiger partial charge in [0.1, 0.15) is 0 Å². The van der Waals surface area contributed by atoms with Crippen LogP contribution >= 0.6 is 39.1 Å². The summed E-state index contributed by atoms with van der Waals surface area (Å²) >= 11 is 14.5. The predicted octanol–water partition coefficient (Wildman–Crippen LogP) is 4.35. The average molecular weight is 322 g/mol. The van der Waals surface area contributed by atoms with Gasteiger partial charge in [0.2, 0.25) is 0 Å². The molecule has 0 radical (unpaired) electrons. The fourth-order valence-electron chi connectivity index (χ4n) is 1.18. The molecular formula is C10H4BrCl2FN2. The summed E-state index contributed by atoms with van der Waals surface area (Å²) in [6, 6.07) is 6.34. The van der Waals surface area contributed by atoms with Crippen LogP contribution in [0.25, 0.3) is 11.3 Å². The normalized spacial score (nSPS) is 10.5. The lowest BCUT2D eigenvalue weighted by Gasteiger charge is -2.04. The summed E-state index contributed by atoms with van der Waals surface area (Å²) in [5, 5.41) is 7.71. The Labute approximate surface area is 110 Å². The third kappa shape index (κ3) is 2.19. The largest absolute Gasteiger partial charge is 0.205 e. The highest BCUT2D eigenvalue weighted by molar-refractivity contribution is 9.10. The van der Waals surface area contributed by atoms with Crippen molar-refractivity contribution < 1.29 is 4.39 Å². The maximum atomic E-state index is 13.8. The van der Waals surface area contributed by atoms with E-state index in [0.717, 1.165) is 0 Å². The van der Waals surface area contributed by atoms with Gasteiger partial charge in [-0.2, -0.15) is 0 Å². The van der Waals surface area contributed by atoms with Crippen molar-refractivity contribution in [2.75, 3.05) is 0 Å². The van der Waals surface area contributed by atoms with Crippen LogP contribution in [0, 0.1) is 5.82 Å². The van der Waals surface area contributed by atoms with Crippen molar-refractivity contribution in [3.8, 4) is 11.3 Å². The number of benzene rings is 1. The molecule has 0 aliphatic carbocycles. The maximum absolute atomic E-state index is 13.8. The van der Waals surface area contributed by atoms with Crippen molar-refractivity contribution in [1.29, 1.82) is 0 Å². The van der Waals surface area contributed by atoms with E-state index in [1.54, 1.807) is 24.3 Å². The Morgan fingerprint density at radius 3 is 2.44 bits per heavy atom. The van der Waals surface area contributed by atoms with E-state index in [-0.39, 0.29) is 15.7 Å². The third-order valence-electron chi connectivity index (χ3n) is 1.94. The lowest BCUT2D eigenvalue weighted by Crippen LogP contribution is -1.91. The van der Waals surface area contributed by atoms with Gasteiger partial charge >= 0.3 is 0 Å². The van der Waals surface area contributed by atoms with E-state index < -0.39 is 5.82 Å². The molecule has 0 saturated heterocycles. The SMILES string of the molecule is Fc1c(-c2ccc(Cl)nn2)ccc(Br)c1Cl. The van der Waals surface area contributed by atoms with Crippen molar-refractivity contribution in [3.05, 3.63) is 44.7 Å². The molecule has 0 amide bonds. The van der Waals surface area contributed by atoms with Gasteiger partial charge in [0.25, 0.3) is 0 Å². The van der Waals surface area contributed by atoms with Crippen molar-refractivity contribution in [1.82, 2.24) is 10.2 Å². The molecule has 2 nitrogen and oxygen atoms in total. The molecule has 1 aromatic heterocycles. The molecule has 0 aliphatic rings. The van der Waals surface area contributed by atoms with E-state index in [1.807, 2.05) is 0 Å². The van der Waals surface area contributed by atoms with Crippen molar-refractivity contribution in [3.63, 3.8) is 0 Å². The third-order valence-corrected chi connectivity index (χ3v) is 3.40. The molecule has 82 valence electrons. The van der Waals surface area contributed by atoms with Crippen LogP contribution in [0.4, 0.5) is 4.39 Å². The number of aromatic nitrogens is 2. The first kappa shape index (κ1) is 11.8. The van der Waals surface area contributed by atoms with E-state index in [9.17, 15) is 4.39 Å². The van der Waals surface area contributed by atoms with Crippen molar-refractivity contribution in [2.45, 2.75) is 0 Å². The molecule has 0 N–H and O–H groups in total.